The molecule has 0 aromatic heterocycles. The molecule has 150 valence electrons. The molecule has 1 heterocycles. The summed E-state index contributed by atoms with van der Waals surface area (Å²) >= 11 is 3.34. The molecule has 1 aliphatic heterocycles. The highest BCUT2D eigenvalue weighted by molar-refractivity contribution is 9.11. The van der Waals surface area contributed by atoms with Gasteiger partial charge in [0, 0.05) is 4.48 Å². The number of hydrogen-bond donors (Lipinski definition) is 0. The van der Waals surface area contributed by atoms with Gasteiger partial charge in [-0.05, 0) is 38.1 Å². The molecule has 0 aromatic carbocycles. The highest BCUT2D eigenvalue weighted by Crippen LogP contribution is 2.37. The SMILES string of the molecule is C=C(Br)CO[C@H]1C=C[C@@H](OCC=C(C)C)O[C@@H]1CO[Si](C)(C)C(C)(C)C. The zero-order valence-electron chi connectivity index (χ0n) is 17.3. The lowest BCUT2D eigenvalue weighted by atomic mass is 10.1. The normalized spacial score (nSPS) is 23.8. The summed E-state index contributed by atoms with van der Waals surface area (Å²) in [5.41, 5.74) is 1.22. The number of allylic oxidation sites excluding steroid dienone is 1. The van der Waals surface area contributed by atoms with E-state index in [0.29, 0.717) is 19.8 Å². The Morgan fingerprint density at radius 1 is 1.23 bits per heavy atom. The van der Waals surface area contributed by atoms with Gasteiger partial charge >= 0.3 is 0 Å². The Labute approximate surface area is 168 Å². The molecule has 0 fully saturated rings. The van der Waals surface area contributed by atoms with Crippen molar-refractivity contribution in [1.82, 2.24) is 0 Å². The third-order valence-electron chi connectivity index (χ3n) is 4.73. The summed E-state index contributed by atoms with van der Waals surface area (Å²) in [5.74, 6) is 0. The number of rotatable bonds is 9. The van der Waals surface area contributed by atoms with Crippen LogP contribution in [0.25, 0.3) is 0 Å². The molecule has 0 radical (unpaired) electrons. The monoisotopic (exact) mass is 446 g/mol. The van der Waals surface area contributed by atoms with E-state index in [1.807, 2.05) is 32.1 Å². The molecule has 0 saturated heterocycles. The Bertz CT molecular complexity index is 518. The van der Waals surface area contributed by atoms with Gasteiger partial charge in [-0.1, -0.05) is 61.0 Å². The molecule has 0 amide bonds. The largest absolute Gasteiger partial charge is 0.414 e. The van der Waals surface area contributed by atoms with Crippen LogP contribution in [0.1, 0.15) is 34.6 Å². The predicted molar refractivity (Wildman–Crippen MR) is 114 cm³/mol. The van der Waals surface area contributed by atoms with Gasteiger partial charge in [0.15, 0.2) is 14.6 Å². The molecule has 0 N–H and O–H groups in total. The maximum absolute atomic E-state index is 6.36. The quantitative estimate of drug-likeness (QED) is 0.342. The Balaban J connectivity index is 2.75. The van der Waals surface area contributed by atoms with Crippen molar-refractivity contribution in [3.8, 4) is 0 Å². The summed E-state index contributed by atoms with van der Waals surface area (Å²) < 4.78 is 25.0. The van der Waals surface area contributed by atoms with Crippen molar-refractivity contribution in [2.24, 2.45) is 0 Å². The molecule has 1 rings (SSSR count). The second-order valence-corrected chi connectivity index (χ2v) is 14.3. The van der Waals surface area contributed by atoms with Gasteiger partial charge < -0.3 is 18.6 Å². The van der Waals surface area contributed by atoms with E-state index in [4.69, 9.17) is 18.6 Å². The molecule has 6 heteroatoms. The average Bonchev–Trinajstić information content (AvgIpc) is 2.50. The maximum atomic E-state index is 6.36. The third-order valence-corrected chi connectivity index (χ3v) is 9.46. The molecule has 0 aliphatic carbocycles. The summed E-state index contributed by atoms with van der Waals surface area (Å²) in [4.78, 5) is 0. The van der Waals surface area contributed by atoms with Gasteiger partial charge in [0.05, 0.1) is 19.8 Å². The second kappa shape index (κ2) is 10.3. The van der Waals surface area contributed by atoms with Crippen LogP contribution in [0.15, 0.2) is 34.9 Å². The maximum Gasteiger partial charge on any atom is 0.192 e. The summed E-state index contributed by atoms with van der Waals surface area (Å²) in [7, 11) is -1.86. The molecule has 0 unspecified atom stereocenters. The van der Waals surface area contributed by atoms with Crippen LogP contribution >= 0.6 is 15.9 Å². The average molecular weight is 447 g/mol. The lowest BCUT2D eigenvalue weighted by Gasteiger charge is -2.39. The first-order valence-electron chi connectivity index (χ1n) is 9.10. The van der Waals surface area contributed by atoms with Crippen LogP contribution in [0.3, 0.4) is 0 Å². The Morgan fingerprint density at radius 3 is 2.42 bits per heavy atom. The van der Waals surface area contributed by atoms with Gasteiger partial charge in [0.25, 0.3) is 0 Å². The Hall–Kier alpha value is -0.243. The minimum Gasteiger partial charge on any atom is -0.414 e. The van der Waals surface area contributed by atoms with Gasteiger partial charge in [0.1, 0.15) is 12.2 Å². The van der Waals surface area contributed by atoms with E-state index in [-0.39, 0.29) is 23.5 Å². The molecule has 0 saturated carbocycles. The van der Waals surface area contributed by atoms with Gasteiger partial charge in [-0.15, -0.1) is 0 Å². The fraction of sp³-hybridized carbons (Fsp3) is 0.700. The summed E-state index contributed by atoms with van der Waals surface area (Å²) in [5, 5.41) is 0.150. The first-order valence-corrected chi connectivity index (χ1v) is 12.8. The van der Waals surface area contributed by atoms with E-state index in [2.05, 4.69) is 56.4 Å². The van der Waals surface area contributed by atoms with Crippen molar-refractivity contribution >= 4 is 24.2 Å². The standard InChI is InChI=1S/C20H35BrO4Si/c1-15(2)11-12-22-19-10-9-17(23-13-16(3)21)18(25-19)14-24-26(7,8)20(4,5)6/h9-11,17-19H,3,12-14H2,1-2,4-8H3/t17-,18+,19-/m0/s1. The van der Waals surface area contributed by atoms with Crippen LogP contribution in [-0.4, -0.2) is 46.6 Å². The predicted octanol–water partition coefficient (Wildman–Crippen LogP) is 5.57. The smallest absolute Gasteiger partial charge is 0.192 e. The van der Waals surface area contributed by atoms with Crippen LogP contribution in [-0.2, 0) is 18.6 Å². The summed E-state index contributed by atoms with van der Waals surface area (Å²) in [6, 6.07) is 0. The van der Waals surface area contributed by atoms with Crippen molar-refractivity contribution in [3.63, 3.8) is 0 Å². The summed E-state index contributed by atoms with van der Waals surface area (Å²) in [6.07, 6.45) is 5.17. The van der Waals surface area contributed by atoms with Gasteiger partial charge in [-0.25, -0.2) is 0 Å². The molecule has 0 spiro atoms. The Kier molecular flexibility index (Phi) is 9.47. The highest BCUT2D eigenvalue weighted by atomic mass is 79.9. The van der Waals surface area contributed by atoms with E-state index in [9.17, 15) is 0 Å². The van der Waals surface area contributed by atoms with E-state index in [1.165, 1.54) is 5.57 Å². The van der Waals surface area contributed by atoms with Crippen LogP contribution < -0.4 is 0 Å². The van der Waals surface area contributed by atoms with Crippen molar-refractivity contribution < 1.29 is 18.6 Å². The molecule has 26 heavy (non-hydrogen) atoms. The van der Waals surface area contributed by atoms with E-state index in [0.717, 1.165) is 4.48 Å². The van der Waals surface area contributed by atoms with Crippen LogP contribution in [0.5, 0.6) is 0 Å². The fourth-order valence-electron chi connectivity index (χ4n) is 2.01. The topological polar surface area (TPSA) is 36.9 Å². The number of hydrogen-bond acceptors (Lipinski definition) is 4. The van der Waals surface area contributed by atoms with E-state index < -0.39 is 8.32 Å². The summed E-state index contributed by atoms with van der Waals surface area (Å²) in [6.45, 7) is 20.5. The highest BCUT2D eigenvalue weighted by Gasteiger charge is 2.39. The van der Waals surface area contributed by atoms with Crippen molar-refractivity contribution in [3.05, 3.63) is 34.9 Å². The lowest BCUT2D eigenvalue weighted by Crippen LogP contribution is -2.47. The van der Waals surface area contributed by atoms with Crippen LogP contribution in [0, 0.1) is 0 Å². The minimum absolute atomic E-state index is 0.150. The molecule has 0 bridgehead atoms. The Morgan fingerprint density at radius 2 is 1.88 bits per heavy atom. The molecule has 4 nitrogen and oxygen atoms in total. The first-order chi connectivity index (χ1) is 11.9. The molecule has 1 aliphatic rings. The minimum atomic E-state index is -1.86. The zero-order valence-corrected chi connectivity index (χ0v) is 19.9. The zero-order chi connectivity index (χ0) is 20.0. The molecular formula is C20H35BrO4Si. The van der Waals surface area contributed by atoms with Crippen molar-refractivity contribution in [1.29, 1.82) is 0 Å². The second-order valence-electron chi connectivity index (χ2n) is 8.41. The van der Waals surface area contributed by atoms with E-state index >= 15 is 0 Å². The number of ether oxygens (including phenoxy) is 3. The van der Waals surface area contributed by atoms with Gasteiger partial charge in [-0.3, -0.25) is 0 Å². The third kappa shape index (κ3) is 8.19. The fourth-order valence-corrected chi connectivity index (χ4v) is 3.16. The first kappa shape index (κ1) is 23.8. The molecule has 3 atom stereocenters. The van der Waals surface area contributed by atoms with Crippen LogP contribution in [0.4, 0.5) is 0 Å². The van der Waals surface area contributed by atoms with E-state index in [1.54, 1.807) is 0 Å². The van der Waals surface area contributed by atoms with Crippen molar-refractivity contribution in [2.75, 3.05) is 19.8 Å². The molecular weight excluding hydrogens is 412 g/mol. The molecule has 0 aromatic rings. The van der Waals surface area contributed by atoms with Gasteiger partial charge in [-0.2, -0.15) is 0 Å². The number of halogens is 1. The lowest BCUT2D eigenvalue weighted by molar-refractivity contribution is -0.180. The van der Waals surface area contributed by atoms with Crippen LogP contribution in [0.2, 0.25) is 18.1 Å². The van der Waals surface area contributed by atoms with Gasteiger partial charge in [0.2, 0.25) is 0 Å². The van der Waals surface area contributed by atoms with Crippen molar-refractivity contribution in [2.45, 2.75) is 71.2 Å².